The molecule has 0 aliphatic carbocycles. The van der Waals surface area contributed by atoms with Crippen LogP contribution in [0.15, 0.2) is 55.1 Å². The number of rotatable bonds is 1. The zero-order valence-electron chi connectivity index (χ0n) is 10.6. The molecular formula is C15H11N5. The van der Waals surface area contributed by atoms with E-state index in [0.717, 1.165) is 27.8 Å². The molecule has 0 unspecified atom stereocenters. The van der Waals surface area contributed by atoms with Gasteiger partial charge in [0.25, 0.3) is 0 Å². The number of nitrogens with two attached hydrogens (primary N) is 1. The lowest BCUT2D eigenvalue weighted by Gasteiger charge is -2.07. The highest BCUT2D eigenvalue weighted by Crippen LogP contribution is 2.24. The summed E-state index contributed by atoms with van der Waals surface area (Å²) < 4.78 is 1.96. The molecule has 0 bridgehead atoms. The molecule has 2 heterocycles. The first-order valence-electron chi connectivity index (χ1n) is 6.25. The largest absolute Gasteiger partial charge is 0.399 e. The van der Waals surface area contributed by atoms with Crippen LogP contribution in [0.1, 0.15) is 0 Å². The third-order valence-electron chi connectivity index (χ3n) is 3.32. The summed E-state index contributed by atoms with van der Waals surface area (Å²) in [4.78, 5) is 13.1. The maximum absolute atomic E-state index is 5.88. The van der Waals surface area contributed by atoms with Crippen LogP contribution in [0.25, 0.3) is 27.8 Å². The van der Waals surface area contributed by atoms with E-state index >= 15 is 0 Å². The summed E-state index contributed by atoms with van der Waals surface area (Å²) in [6.45, 7) is 0. The number of benzene rings is 2. The predicted molar refractivity (Wildman–Crippen MR) is 78.6 cm³/mol. The molecule has 20 heavy (non-hydrogen) atoms. The molecule has 0 radical (unpaired) electrons. The molecule has 0 amide bonds. The van der Waals surface area contributed by atoms with Crippen LogP contribution in [-0.4, -0.2) is 19.5 Å². The van der Waals surface area contributed by atoms with Gasteiger partial charge in [-0.1, -0.05) is 12.1 Å². The maximum Gasteiger partial charge on any atom is 0.149 e. The van der Waals surface area contributed by atoms with Crippen LogP contribution in [0.5, 0.6) is 0 Å². The Bertz CT molecular complexity index is 926. The van der Waals surface area contributed by atoms with E-state index in [0.29, 0.717) is 5.69 Å². The van der Waals surface area contributed by atoms with Gasteiger partial charge in [-0.25, -0.2) is 15.0 Å². The van der Waals surface area contributed by atoms with Crippen LogP contribution in [0.4, 0.5) is 5.69 Å². The van der Waals surface area contributed by atoms with E-state index in [9.17, 15) is 0 Å². The van der Waals surface area contributed by atoms with E-state index in [1.165, 1.54) is 0 Å². The maximum atomic E-state index is 5.88. The van der Waals surface area contributed by atoms with Crippen LogP contribution >= 0.6 is 0 Å². The first-order valence-corrected chi connectivity index (χ1v) is 6.25. The minimum atomic E-state index is 0.693. The summed E-state index contributed by atoms with van der Waals surface area (Å²) in [7, 11) is 0. The Kier molecular flexibility index (Phi) is 2.20. The number of aromatic nitrogens is 4. The zero-order valence-corrected chi connectivity index (χ0v) is 10.6. The van der Waals surface area contributed by atoms with Gasteiger partial charge in [0.1, 0.15) is 18.5 Å². The summed E-state index contributed by atoms with van der Waals surface area (Å²) >= 11 is 0. The van der Waals surface area contributed by atoms with Gasteiger partial charge in [-0.2, -0.15) is 0 Å². The molecule has 4 aromatic rings. The van der Waals surface area contributed by atoms with Gasteiger partial charge in [0.05, 0.1) is 16.6 Å². The van der Waals surface area contributed by atoms with Gasteiger partial charge in [0.15, 0.2) is 0 Å². The van der Waals surface area contributed by atoms with E-state index < -0.39 is 0 Å². The fraction of sp³-hybridized carbons (Fsp3) is 0. The van der Waals surface area contributed by atoms with Gasteiger partial charge in [-0.05, 0) is 30.3 Å². The number of hydrogen-bond donors (Lipinski definition) is 1. The molecule has 0 saturated heterocycles. The van der Waals surface area contributed by atoms with Crippen LogP contribution < -0.4 is 5.73 Å². The Balaban J connectivity index is 2.09. The Morgan fingerprint density at radius 3 is 2.75 bits per heavy atom. The van der Waals surface area contributed by atoms with Crippen LogP contribution in [-0.2, 0) is 0 Å². The Hall–Kier alpha value is -2.95. The van der Waals surface area contributed by atoms with Gasteiger partial charge in [-0.3, -0.25) is 4.57 Å². The van der Waals surface area contributed by atoms with E-state index in [-0.39, 0.29) is 0 Å². The first-order chi connectivity index (χ1) is 9.83. The molecule has 5 heteroatoms. The minimum Gasteiger partial charge on any atom is -0.399 e. The summed E-state index contributed by atoms with van der Waals surface area (Å²) in [5, 5.41) is 0.913. The highest BCUT2D eigenvalue weighted by molar-refractivity contribution is 5.90. The summed E-state index contributed by atoms with van der Waals surface area (Å²) in [5.41, 5.74) is 9.38. The number of nitrogen functional groups attached to an aromatic ring is 1. The Labute approximate surface area is 114 Å². The molecule has 0 aliphatic heterocycles. The van der Waals surface area contributed by atoms with Crippen molar-refractivity contribution >= 4 is 27.6 Å². The van der Waals surface area contributed by atoms with E-state index in [1.54, 1.807) is 12.7 Å². The monoisotopic (exact) mass is 261 g/mol. The number of hydrogen-bond acceptors (Lipinski definition) is 4. The fourth-order valence-corrected chi connectivity index (χ4v) is 2.38. The number of para-hydroxylation sites is 2. The molecule has 0 fully saturated rings. The standard InChI is InChI=1S/C15H11N5/c16-10-5-6-12-11(7-10)15(18-8-17-12)20-9-19-13-3-1-2-4-14(13)20/h1-9H,16H2. The van der Waals surface area contributed by atoms with Crippen molar-refractivity contribution in [3.05, 3.63) is 55.1 Å². The SMILES string of the molecule is Nc1ccc2ncnc(-n3cnc4ccccc43)c2c1. The van der Waals surface area contributed by atoms with Crippen LogP contribution in [0.3, 0.4) is 0 Å². The topological polar surface area (TPSA) is 69.6 Å². The molecule has 4 rings (SSSR count). The van der Waals surface area contributed by atoms with Crippen LogP contribution in [0, 0.1) is 0 Å². The molecule has 0 spiro atoms. The summed E-state index contributed by atoms with van der Waals surface area (Å²) in [6.07, 6.45) is 3.33. The Morgan fingerprint density at radius 1 is 0.900 bits per heavy atom. The quantitative estimate of drug-likeness (QED) is 0.534. The first kappa shape index (κ1) is 10.9. The number of nitrogens with zero attached hydrogens (tertiary/aromatic N) is 4. The molecule has 5 nitrogen and oxygen atoms in total. The van der Waals surface area contributed by atoms with Crippen molar-refractivity contribution in [3.8, 4) is 5.82 Å². The summed E-state index contributed by atoms with van der Waals surface area (Å²) in [6, 6.07) is 13.6. The third kappa shape index (κ3) is 1.53. The lowest BCUT2D eigenvalue weighted by atomic mass is 10.2. The van der Waals surface area contributed by atoms with Crippen LogP contribution in [0.2, 0.25) is 0 Å². The third-order valence-corrected chi connectivity index (χ3v) is 3.32. The van der Waals surface area contributed by atoms with E-state index in [2.05, 4.69) is 15.0 Å². The van der Waals surface area contributed by atoms with Crippen molar-refractivity contribution in [1.29, 1.82) is 0 Å². The molecule has 0 saturated carbocycles. The average molecular weight is 261 g/mol. The minimum absolute atomic E-state index is 0.693. The lowest BCUT2D eigenvalue weighted by Crippen LogP contribution is -1.99. The van der Waals surface area contributed by atoms with Crippen molar-refractivity contribution in [2.24, 2.45) is 0 Å². The molecule has 0 aliphatic rings. The smallest absolute Gasteiger partial charge is 0.149 e. The van der Waals surface area contributed by atoms with Gasteiger partial charge in [0.2, 0.25) is 0 Å². The second-order valence-corrected chi connectivity index (χ2v) is 4.58. The molecule has 2 aromatic heterocycles. The molecule has 2 N–H and O–H groups in total. The van der Waals surface area contributed by atoms with Crippen molar-refractivity contribution < 1.29 is 0 Å². The Morgan fingerprint density at radius 2 is 1.80 bits per heavy atom. The van der Waals surface area contributed by atoms with Crippen molar-refractivity contribution in [2.45, 2.75) is 0 Å². The molecule has 2 aromatic carbocycles. The predicted octanol–water partition coefficient (Wildman–Crippen LogP) is 2.55. The normalized spacial score (nSPS) is 11.2. The van der Waals surface area contributed by atoms with Crippen molar-refractivity contribution in [3.63, 3.8) is 0 Å². The summed E-state index contributed by atoms with van der Waals surface area (Å²) in [5.74, 6) is 0.788. The van der Waals surface area contributed by atoms with Gasteiger partial charge in [0, 0.05) is 11.1 Å². The highest BCUT2D eigenvalue weighted by Gasteiger charge is 2.09. The fourth-order valence-electron chi connectivity index (χ4n) is 2.38. The van der Waals surface area contributed by atoms with Crippen molar-refractivity contribution in [2.75, 3.05) is 5.73 Å². The van der Waals surface area contributed by atoms with Gasteiger partial charge in [-0.15, -0.1) is 0 Å². The molecule has 96 valence electrons. The zero-order chi connectivity index (χ0) is 13.5. The second-order valence-electron chi connectivity index (χ2n) is 4.58. The van der Waals surface area contributed by atoms with Gasteiger partial charge >= 0.3 is 0 Å². The lowest BCUT2D eigenvalue weighted by molar-refractivity contribution is 1.02. The number of anilines is 1. The van der Waals surface area contributed by atoms with E-state index in [1.807, 2.05) is 47.0 Å². The molecule has 0 atom stereocenters. The average Bonchev–Trinajstić information content (AvgIpc) is 2.90. The van der Waals surface area contributed by atoms with Gasteiger partial charge < -0.3 is 5.73 Å². The van der Waals surface area contributed by atoms with Crippen molar-refractivity contribution in [1.82, 2.24) is 19.5 Å². The molecular weight excluding hydrogens is 250 g/mol. The number of imidazole rings is 1. The van der Waals surface area contributed by atoms with E-state index in [4.69, 9.17) is 5.73 Å². The second kappa shape index (κ2) is 4.03. The number of fused-ring (bicyclic) bond motifs is 2. The highest BCUT2D eigenvalue weighted by atomic mass is 15.1.